The van der Waals surface area contributed by atoms with E-state index in [1.165, 1.54) is 0 Å². The van der Waals surface area contributed by atoms with E-state index in [-0.39, 0.29) is 26.1 Å². The zero-order valence-corrected chi connectivity index (χ0v) is 21.3. The van der Waals surface area contributed by atoms with E-state index in [2.05, 4.69) is 32.1 Å². The first-order chi connectivity index (χ1) is 15.5. The molecule has 0 spiro atoms. The number of hydrogen-bond donors (Lipinski definition) is 0. The Morgan fingerprint density at radius 3 is 1.26 bits per heavy atom. The van der Waals surface area contributed by atoms with Gasteiger partial charge in [0.2, 0.25) is 0 Å². The Hall–Kier alpha value is -2.96. The largest absolute Gasteiger partial charge is 0.540 e. The average molecular weight is 485 g/mol. The molecule has 2 unspecified atom stereocenters. The van der Waals surface area contributed by atoms with Gasteiger partial charge in [-0.2, -0.15) is 30.5 Å². The number of carbonyl (C=O) groups is 2. The van der Waals surface area contributed by atoms with Gasteiger partial charge in [0.15, 0.2) is 11.1 Å². The molecule has 12 heteroatoms. The van der Waals surface area contributed by atoms with Crippen LogP contribution in [0, 0.1) is 22.7 Å². The quantitative estimate of drug-likeness (QED) is 0.116. The molecule has 0 aliphatic heterocycles. The van der Waals surface area contributed by atoms with Crippen molar-refractivity contribution in [3.63, 3.8) is 0 Å². The van der Waals surface area contributed by atoms with Gasteiger partial charge in [-0.05, 0) is 81.1 Å². The Bertz CT molecular complexity index is 712. The van der Waals surface area contributed by atoms with E-state index >= 15 is 0 Å². The van der Waals surface area contributed by atoms with Crippen molar-refractivity contribution in [2.45, 2.75) is 103 Å². The van der Waals surface area contributed by atoms with Gasteiger partial charge in [0.25, 0.3) is 0 Å². The highest BCUT2D eigenvalue weighted by Crippen LogP contribution is 2.23. The molecule has 2 atom stereocenters. The maximum Gasteiger partial charge on any atom is 0.540 e. The van der Waals surface area contributed by atoms with Gasteiger partial charge in [0.05, 0.1) is 25.4 Å². The minimum atomic E-state index is -1.22. The summed E-state index contributed by atoms with van der Waals surface area (Å²) in [6, 6.07) is 4.10. The normalized spacial score (nSPS) is 15.4. The molecule has 0 aliphatic rings. The van der Waals surface area contributed by atoms with Gasteiger partial charge in [-0.1, -0.05) is 0 Å². The number of nitrogens with zero attached hydrogens (tertiary/aromatic N) is 4. The van der Waals surface area contributed by atoms with Crippen molar-refractivity contribution in [1.29, 1.82) is 10.5 Å². The summed E-state index contributed by atoms with van der Waals surface area (Å²) in [7, 11) is 0. The van der Waals surface area contributed by atoms with E-state index in [0.29, 0.717) is 12.8 Å². The standard InChI is InChI=1S/C22H36N4O8/c1-19(2,3)33-31-17(27)29-13-9-11-21(7,15-23)25-26-22(8,16-24)12-10-14-30-18(28)32-34-20(4,5)6/h9-14H2,1-8H3/b26-25+. The summed E-state index contributed by atoms with van der Waals surface area (Å²) in [5.74, 6) is 0. The second kappa shape index (κ2) is 13.7. The van der Waals surface area contributed by atoms with Crippen molar-refractivity contribution < 1.29 is 38.6 Å². The lowest BCUT2D eigenvalue weighted by molar-refractivity contribution is -0.312. The van der Waals surface area contributed by atoms with Crippen LogP contribution in [-0.2, 0) is 29.0 Å². The van der Waals surface area contributed by atoms with Crippen molar-refractivity contribution >= 4 is 12.3 Å². The maximum atomic E-state index is 11.5. The first-order valence-corrected chi connectivity index (χ1v) is 10.8. The summed E-state index contributed by atoms with van der Waals surface area (Å²) < 4.78 is 9.77. The van der Waals surface area contributed by atoms with Crippen LogP contribution in [-0.4, -0.2) is 47.8 Å². The summed E-state index contributed by atoms with van der Waals surface area (Å²) in [6.45, 7) is 13.4. The molecule has 0 rings (SSSR count). The molecular formula is C22H36N4O8. The van der Waals surface area contributed by atoms with Crippen molar-refractivity contribution in [2.24, 2.45) is 10.2 Å². The molecule has 192 valence electrons. The average Bonchev–Trinajstić information content (AvgIpc) is 2.74. The minimum absolute atomic E-state index is 0.0129. The number of hydrogen-bond acceptors (Lipinski definition) is 12. The van der Waals surface area contributed by atoms with E-state index < -0.39 is 34.6 Å². The molecule has 0 aromatic heterocycles. The van der Waals surface area contributed by atoms with Gasteiger partial charge in [-0.15, -0.1) is 0 Å². The number of azo groups is 1. The molecule has 0 aliphatic carbocycles. The van der Waals surface area contributed by atoms with Crippen LogP contribution in [0.4, 0.5) is 9.59 Å². The minimum Gasteiger partial charge on any atom is -0.432 e. The smallest absolute Gasteiger partial charge is 0.432 e. The molecule has 0 bridgehead atoms. The lowest BCUT2D eigenvalue weighted by Gasteiger charge is -2.20. The number of nitriles is 2. The summed E-state index contributed by atoms with van der Waals surface area (Å²) in [4.78, 5) is 41.7. The van der Waals surface area contributed by atoms with Gasteiger partial charge >= 0.3 is 12.3 Å². The molecule has 0 fully saturated rings. The third-order valence-corrected chi connectivity index (χ3v) is 3.75. The number of rotatable bonds is 12. The Morgan fingerprint density at radius 1 is 0.676 bits per heavy atom. The van der Waals surface area contributed by atoms with Gasteiger partial charge < -0.3 is 9.47 Å². The highest BCUT2D eigenvalue weighted by molar-refractivity contribution is 5.59. The fraction of sp³-hybridized carbons (Fsp3) is 0.818. The summed E-state index contributed by atoms with van der Waals surface area (Å²) in [5.41, 5.74) is -3.78. The third kappa shape index (κ3) is 15.8. The van der Waals surface area contributed by atoms with Gasteiger partial charge in [-0.25, -0.2) is 9.59 Å². The van der Waals surface area contributed by atoms with E-state index in [1.54, 1.807) is 55.4 Å². The van der Waals surface area contributed by atoms with Gasteiger partial charge in [0, 0.05) is 0 Å². The second-order valence-corrected chi connectivity index (χ2v) is 9.93. The Labute approximate surface area is 200 Å². The van der Waals surface area contributed by atoms with Crippen LogP contribution < -0.4 is 0 Å². The molecule has 0 aromatic carbocycles. The van der Waals surface area contributed by atoms with Gasteiger partial charge in [-0.3, -0.25) is 9.78 Å². The van der Waals surface area contributed by atoms with Gasteiger partial charge in [0.1, 0.15) is 11.2 Å². The predicted molar refractivity (Wildman–Crippen MR) is 118 cm³/mol. The highest BCUT2D eigenvalue weighted by Gasteiger charge is 2.28. The highest BCUT2D eigenvalue weighted by atomic mass is 17.2. The molecule has 34 heavy (non-hydrogen) atoms. The molecule has 0 saturated carbocycles. The van der Waals surface area contributed by atoms with Crippen LogP contribution in [0.3, 0.4) is 0 Å². The topological polar surface area (TPSA) is 162 Å². The van der Waals surface area contributed by atoms with Crippen molar-refractivity contribution in [3.8, 4) is 12.1 Å². The number of carbonyl (C=O) groups excluding carboxylic acids is 2. The van der Waals surface area contributed by atoms with Crippen LogP contribution in [0.5, 0.6) is 0 Å². The van der Waals surface area contributed by atoms with Crippen LogP contribution in [0.25, 0.3) is 0 Å². The third-order valence-electron chi connectivity index (χ3n) is 3.75. The fourth-order valence-corrected chi connectivity index (χ4v) is 1.99. The molecule has 0 heterocycles. The molecule has 0 amide bonds. The predicted octanol–water partition coefficient (Wildman–Crippen LogP) is 5.33. The lowest BCUT2D eigenvalue weighted by Crippen LogP contribution is -2.25. The van der Waals surface area contributed by atoms with Crippen LogP contribution in [0.2, 0.25) is 0 Å². The van der Waals surface area contributed by atoms with Crippen molar-refractivity contribution in [1.82, 2.24) is 0 Å². The molecule has 0 saturated heterocycles. The molecule has 12 nitrogen and oxygen atoms in total. The van der Waals surface area contributed by atoms with E-state index in [0.717, 1.165) is 0 Å². The zero-order chi connectivity index (χ0) is 26.5. The van der Waals surface area contributed by atoms with Crippen LogP contribution >= 0.6 is 0 Å². The first kappa shape index (κ1) is 31.0. The lowest BCUT2D eigenvalue weighted by atomic mass is 9.98. The van der Waals surface area contributed by atoms with E-state index in [9.17, 15) is 20.1 Å². The first-order valence-electron chi connectivity index (χ1n) is 10.8. The fourth-order valence-electron chi connectivity index (χ4n) is 1.99. The molecule has 0 N–H and O–H groups in total. The summed E-state index contributed by atoms with van der Waals surface area (Å²) in [6.07, 6.45) is -0.894. The Morgan fingerprint density at radius 2 is 1.00 bits per heavy atom. The summed E-state index contributed by atoms with van der Waals surface area (Å²) >= 11 is 0. The van der Waals surface area contributed by atoms with E-state index in [4.69, 9.17) is 19.2 Å². The molecule has 0 radical (unpaired) electrons. The van der Waals surface area contributed by atoms with E-state index in [1.807, 2.05) is 0 Å². The van der Waals surface area contributed by atoms with Crippen LogP contribution in [0.1, 0.15) is 81.1 Å². The second-order valence-electron chi connectivity index (χ2n) is 9.93. The number of ether oxygens (including phenoxy) is 2. The SMILES string of the molecule is CC(C#N)(CCCOC(=O)OOC(C)(C)C)/N=N/C(C)(C#N)CCCOC(=O)OOC(C)(C)C. The molecule has 0 aromatic rings. The Balaban J connectivity index is 4.53. The zero-order valence-electron chi connectivity index (χ0n) is 21.3. The van der Waals surface area contributed by atoms with Crippen molar-refractivity contribution in [3.05, 3.63) is 0 Å². The van der Waals surface area contributed by atoms with Crippen LogP contribution in [0.15, 0.2) is 10.2 Å². The maximum absolute atomic E-state index is 11.5. The Kier molecular flexibility index (Phi) is 12.5. The monoisotopic (exact) mass is 484 g/mol. The van der Waals surface area contributed by atoms with Crippen molar-refractivity contribution in [2.75, 3.05) is 13.2 Å². The molecular weight excluding hydrogens is 448 g/mol. The summed E-state index contributed by atoms with van der Waals surface area (Å²) in [5, 5.41) is 27.1.